The second kappa shape index (κ2) is 5.55. The molecular weight excluding hydrogens is 271 g/mol. The van der Waals surface area contributed by atoms with Crippen LogP contribution in [0.15, 0.2) is 30.5 Å². The molecule has 1 aromatic heterocycles. The SMILES string of the molecule is Cc1[nH]ncc1CNC(=O)N[C@@H]1C[C@H]1c1cccc(F)c1. The number of amides is 2. The summed E-state index contributed by atoms with van der Waals surface area (Å²) in [6.07, 6.45) is 2.55. The van der Waals surface area contributed by atoms with Crippen LogP contribution in [0.2, 0.25) is 0 Å². The summed E-state index contributed by atoms with van der Waals surface area (Å²) in [7, 11) is 0. The van der Waals surface area contributed by atoms with Crippen molar-refractivity contribution in [1.29, 1.82) is 0 Å². The first-order chi connectivity index (χ1) is 10.1. The fourth-order valence-electron chi connectivity index (χ4n) is 2.41. The molecule has 0 spiro atoms. The van der Waals surface area contributed by atoms with Gasteiger partial charge in [0.1, 0.15) is 5.82 Å². The molecule has 1 aliphatic carbocycles. The number of rotatable bonds is 4. The monoisotopic (exact) mass is 288 g/mol. The Hall–Kier alpha value is -2.37. The van der Waals surface area contributed by atoms with Crippen LogP contribution in [0.3, 0.4) is 0 Å². The lowest BCUT2D eigenvalue weighted by Crippen LogP contribution is -2.37. The van der Waals surface area contributed by atoms with Gasteiger partial charge in [0.05, 0.1) is 6.20 Å². The van der Waals surface area contributed by atoms with E-state index in [0.717, 1.165) is 23.2 Å². The topological polar surface area (TPSA) is 69.8 Å². The van der Waals surface area contributed by atoms with Crippen molar-refractivity contribution in [3.05, 3.63) is 53.1 Å². The maximum absolute atomic E-state index is 13.2. The van der Waals surface area contributed by atoms with E-state index < -0.39 is 0 Å². The van der Waals surface area contributed by atoms with Crippen LogP contribution in [0.4, 0.5) is 9.18 Å². The number of aromatic nitrogens is 2. The third-order valence-electron chi connectivity index (χ3n) is 3.76. The van der Waals surface area contributed by atoms with Crippen molar-refractivity contribution in [3.63, 3.8) is 0 Å². The Morgan fingerprint density at radius 2 is 2.38 bits per heavy atom. The number of hydrogen-bond donors (Lipinski definition) is 3. The molecule has 0 unspecified atom stereocenters. The van der Waals surface area contributed by atoms with Crippen LogP contribution in [-0.4, -0.2) is 22.3 Å². The predicted octanol–water partition coefficient (Wildman–Crippen LogP) is 2.21. The molecule has 1 saturated carbocycles. The standard InChI is InChI=1S/C15H17FN4O/c1-9-11(8-18-20-9)7-17-15(21)19-14-6-13(14)10-3-2-4-12(16)5-10/h2-5,8,13-14H,6-7H2,1H3,(H,18,20)(H2,17,19,21)/t13-,14+/m0/s1. The second-order valence-electron chi connectivity index (χ2n) is 5.35. The van der Waals surface area contributed by atoms with Crippen molar-refractivity contribution in [2.45, 2.75) is 31.8 Å². The molecule has 1 aliphatic rings. The van der Waals surface area contributed by atoms with E-state index in [1.54, 1.807) is 12.3 Å². The smallest absolute Gasteiger partial charge is 0.315 e. The quantitative estimate of drug-likeness (QED) is 0.807. The van der Waals surface area contributed by atoms with Crippen LogP contribution in [0.5, 0.6) is 0 Å². The van der Waals surface area contributed by atoms with Gasteiger partial charge < -0.3 is 10.6 Å². The summed E-state index contributed by atoms with van der Waals surface area (Å²) in [5.74, 6) is -0.0276. The van der Waals surface area contributed by atoms with Gasteiger partial charge in [-0.15, -0.1) is 0 Å². The van der Waals surface area contributed by atoms with E-state index in [1.165, 1.54) is 12.1 Å². The number of aryl methyl sites for hydroxylation is 1. The maximum Gasteiger partial charge on any atom is 0.315 e. The molecule has 21 heavy (non-hydrogen) atoms. The van der Waals surface area contributed by atoms with Crippen LogP contribution in [0.25, 0.3) is 0 Å². The second-order valence-corrected chi connectivity index (χ2v) is 5.35. The van der Waals surface area contributed by atoms with E-state index in [4.69, 9.17) is 0 Å². The molecule has 0 radical (unpaired) electrons. The van der Waals surface area contributed by atoms with Crippen molar-refractivity contribution >= 4 is 6.03 Å². The molecule has 1 fully saturated rings. The lowest BCUT2D eigenvalue weighted by atomic mass is 10.1. The Morgan fingerprint density at radius 1 is 1.52 bits per heavy atom. The lowest BCUT2D eigenvalue weighted by Gasteiger charge is -2.07. The first-order valence-electron chi connectivity index (χ1n) is 6.92. The van der Waals surface area contributed by atoms with Crippen molar-refractivity contribution in [3.8, 4) is 0 Å². The summed E-state index contributed by atoms with van der Waals surface area (Å²) >= 11 is 0. The molecule has 2 amide bonds. The van der Waals surface area contributed by atoms with Crippen LogP contribution in [-0.2, 0) is 6.54 Å². The number of urea groups is 1. The van der Waals surface area contributed by atoms with Gasteiger partial charge in [-0.3, -0.25) is 5.10 Å². The zero-order chi connectivity index (χ0) is 14.8. The Balaban J connectivity index is 1.48. The van der Waals surface area contributed by atoms with Crippen molar-refractivity contribution in [2.24, 2.45) is 0 Å². The highest BCUT2D eigenvalue weighted by Gasteiger charge is 2.39. The fourth-order valence-corrected chi connectivity index (χ4v) is 2.41. The first kappa shape index (κ1) is 13.6. The molecular formula is C15H17FN4O. The van der Waals surface area contributed by atoms with E-state index >= 15 is 0 Å². The molecule has 0 saturated heterocycles. The van der Waals surface area contributed by atoms with Crippen LogP contribution < -0.4 is 10.6 Å². The minimum atomic E-state index is -0.238. The molecule has 6 heteroatoms. The Labute approximate surface area is 121 Å². The average molecular weight is 288 g/mol. The molecule has 0 bridgehead atoms. The number of halogens is 1. The van der Waals surface area contributed by atoms with E-state index in [2.05, 4.69) is 20.8 Å². The minimum absolute atomic E-state index is 0.0808. The minimum Gasteiger partial charge on any atom is -0.335 e. The summed E-state index contributed by atoms with van der Waals surface area (Å²) < 4.78 is 13.2. The van der Waals surface area contributed by atoms with Gasteiger partial charge in [0, 0.05) is 29.8 Å². The molecule has 2 atom stereocenters. The third kappa shape index (κ3) is 3.21. The van der Waals surface area contributed by atoms with Crippen molar-refractivity contribution in [2.75, 3.05) is 0 Å². The molecule has 0 aliphatic heterocycles. The van der Waals surface area contributed by atoms with E-state index in [-0.39, 0.29) is 23.8 Å². The molecule has 1 aromatic carbocycles. The van der Waals surface area contributed by atoms with Gasteiger partial charge in [-0.05, 0) is 31.0 Å². The Morgan fingerprint density at radius 3 is 3.10 bits per heavy atom. The number of carbonyl (C=O) groups excluding carboxylic acids is 1. The summed E-state index contributed by atoms with van der Waals surface area (Å²) in [6.45, 7) is 2.34. The number of H-pyrrole nitrogens is 1. The largest absolute Gasteiger partial charge is 0.335 e. The number of hydrogen-bond acceptors (Lipinski definition) is 2. The van der Waals surface area contributed by atoms with Gasteiger partial charge in [0.25, 0.3) is 0 Å². The number of nitrogens with one attached hydrogen (secondary N) is 3. The molecule has 1 heterocycles. The Kier molecular flexibility index (Phi) is 3.60. The van der Waals surface area contributed by atoms with Crippen LogP contribution in [0, 0.1) is 12.7 Å². The predicted molar refractivity (Wildman–Crippen MR) is 76.2 cm³/mol. The maximum atomic E-state index is 13.2. The highest BCUT2D eigenvalue weighted by atomic mass is 19.1. The summed E-state index contributed by atoms with van der Waals surface area (Å²) in [4.78, 5) is 11.8. The molecule has 3 rings (SSSR count). The zero-order valence-corrected chi connectivity index (χ0v) is 11.7. The number of nitrogens with zero attached hydrogens (tertiary/aromatic N) is 1. The first-order valence-corrected chi connectivity index (χ1v) is 6.92. The van der Waals surface area contributed by atoms with Crippen molar-refractivity contribution < 1.29 is 9.18 Å². The summed E-state index contributed by atoms with van der Waals surface area (Å²) in [5.41, 5.74) is 2.84. The van der Waals surface area contributed by atoms with E-state index in [1.807, 2.05) is 13.0 Å². The van der Waals surface area contributed by atoms with Gasteiger partial charge in [-0.1, -0.05) is 12.1 Å². The summed E-state index contributed by atoms with van der Waals surface area (Å²) in [5, 5.41) is 12.4. The van der Waals surface area contributed by atoms with E-state index in [9.17, 15) is 9.18 Å². The van der Waals surface area contributed by atoms with Gasteiger partial charge in [0.2, 0.25) is 0 Å². The summed E-state index contributed by atoms with van der Waals surface area (Å²) in [6, 6.07) is 6.41. The van der Waals surface area contributed by atoms with Crippen molar-refractivity contribution in [1.82, 2.24) is 20.8 Å². The number of benzene rings is 1. The van der Waals surface area contributed by atoms with Crippen LogP contribution >= 0.6 is 0 Å². The fraction of sp³-hybridized carbons (Fsp3) is 0.333. The normalized spacial score (nSPS) is 20.1. The molecule has 5 nitrogen and oxygen atoms in total. The average Bonchev–Trinajstić information content (AvgIpc) is 3.09. The Bertz CT molecular complexity index is 655. The number of carbonyl (C=O) groups is 1. The van der Waals surface area contributed by atoms with Gasteiger partial charge in [-0.25, -0.2) is 9.18 Å². The number of aromatic amines is 1. The molecule has 110 valence electrons. The third-order valence-corrected chi connectivity index (χ3v) is 3.76. The van der Waals surface area contributed by atoms with Gasteiger partial charge in [-0.2, -0.15) is 5.10 Å². The molecule has 2 aromatic rings. The highest BCUT2D eigenvalue weighted by molar-refractivity contribution is 5.74. The molecule has 3 N–H and O–H groups in total. The van der Waals surface area contributed by atoms with Crippen LogP contribution in [0.1, 0.15) is 29.2 Å². The van der Waals surface area contributed by atoms with E-state index in [0.29, 0.717) is 6.54 Å². The van der Waals surface area contributed by atoms with Gasteiger partial charge in [0.15, 0.2) is 0 Å². The van der Waals surface area contributed by atoms with Gasteiger partial charge >= 0.3 is 6.03 Å². The lowest BCUT2D eigenvalue weighted by molar-refractivity contribution is 0.240. The highest BCUT2D eigenvalue weighted by Crippen LogP contribution is 2.40. The zero-order valence-electron chi connectivity index (χ0n) is 11.7.